The predicted octanol–water partition coefficient (Wildman–Crippen LogP) is 0.712. The highest BCUT2D eigenvalue weighted by molar-refractivity contribution is 7.90. The van der Waals surface area contributed by atoms with Crippen LogP contribution in [0.1, 0.15) is 0 Å². The lowest BCUT2D eigenvalue weighted by Gasteiger charge is -2.07. The van der Waals surface area contributed by atoms with Gasteiger partial charge >= 0.3 is 0 Å². The second-order valence-corrected chi connectivity index (χ2v) is 5.01. The summed E-state index contributed by atoms with van der Waals surface area (Å²) in [6.07, 6.45) is 0.839. The number of non-ortho nitro benzene ring substituents is 1. The van der Waals surface area contributed by atoms with Crippen LogP contribution in [-0.4, -0.2) is 31.8 Å². The van der Waals surface area contributed by atoms with E-state index >= 15 is 0 Å². The number of nitro groups is 1. The Morgan fingerprint density at radius 1 is 1.44 bits per heavy atom. The number of nitrogens with zero attached hydrogens (tertiary/aromatic N) is 1. The Balaban J connectivity index is 3.61. The fraction of sp³-hybridized carbons (Fsp3) is 0.250. The Bertz CT molecular complexity index is 536. The molecule has 0 aliphatic carbocycles. The molecule has 0 atom stereocenters. The number of sulfone groups is 1. The van der Waals surface area contributed by atoms with Crippen molar-refractivity contribution in [1.82, 2.24) is 0 Å². The topological polar surface area (TPSA) is 107 Å². The smallest absolute Gasteiger partial charge is 0.274 e. The second kappa shape index (κ2) is 3.97. The average Bonchev–Trinajstić information content (AvgIpc) is 2.15. The third-order valence-electron chi connectivity index (χ3n) is 1.85. The summed E-state index contributed by atoms with van der Waals surface area (Å²) in [6, 6.07) is 1.73. The summed E-state index contributed by atoms with van der Waals surface area (Å²) in [7, 11) is -2.59. The monoisotopic (exact) mass is 247 g/mol. The zero-order valence-electron chi connectivity index (χ0n) is 8.50. The Labute approximate surface area is 91.3 Å². The van der Waals surface area contributed by atoms with Crippen molar-refractivity contribution in [3.8, 4) is 11.5 Å². The molecule has 88 valence electrons. The van der Waals surface area contributed by atoms with E-state index in [1.165, 1.54) is 7.11 Å². The highest BCUT2D eigenvalue weighted by Crippen LogP contribution is 2.36. The first-order chi connectivity index (χ1) is 7.27. The third kappa shape index (κ3) is 2.22. The van der Waals surface area contributed by atoms with Crippen LogP contribution in [0.15, 0.2) is 17.0 Å². The van der Waals surface area contributed by atoms with Crippen LogP contribution < -0.4 is 4.74 Å². The predicted molar refractivity (Wildman–Crippen MR) is 54.4 cm³/mol. The minimum atomic E-state index is -3.76. The van der Waals surface area contributed by atoms with Gasteiger partial charge in [-0.25, -0.2) is 8.42 Å². The molecule has 0 heterocycles. The Hall–Kier alpha value is -1.83. The Morgan fingerprint density at radius 3 is 2.38 bits per heavy atom. The van der Waals surface area contributed by atoms with Gasteiger partial charge in [-0.05, 0) is 0 Å². The van der Waals surface area contributed by atoms with Crippen LogP contribution in [0.4, 0.5) is 5.69 Å². The maximum Gasteiger partial charge on any atom is 0.274 e. The lowest BCUT2D eigenvalue weighted by Crippen LogP contribution is -2.01. The first-order valence-corrected chi connectivity index (χ1v) is 5.92. The van der Waals surface area contributed by atoms with E-state index in [9.17, 15) is 23.6 Å². The number of methoxy groups -OCH3 is 1. The molecule has 0 spiro atoms. The fourth-order valence-corrected chi connectivity index (χ4v) is 1.90. The van der Waals surface area contributed by atoms with Crippen molar-refractivity contribution in [3.05, 3.63) is 22.2 Å². The minimum absolute atomic E-state index is 0.255. The van der Waals surface area contributed by atoms with Crippen LogP contribution in [0.2, 0.25) is 0 Å². The van der Waals surface area contributed by atoms with Crippen molar-refractivity contribution in [1.29, 1.82) is 0 Å². The standard InChI is InChI=1S/C8H9NO6S/c1-15-6-3-5(9(11)12)4-7(8(6)10)16(2,13)14/h3-4,10H,1-2H3. The average molecular weight is 247 g/mol. The molecular formula is C8H9NO6S. The van der Waals surface area contributed by atoms with E-state index in [4.69, 9.17) is 0 Å². The third-order valence-corrected chi connectivity index (χ3v) is 2.97. The molecule has 7 nitrogen and oxygen atoms in total. The van der Waals surface area contributed by atoms with Gasteiger partial charge in [-0.3, -0.25) is 10.1 Å². The van der Waals surface area contributed by atoms with Crippen molar-refractivity contribution in [2.45, 2.75) is 4.90 Å². The lowest BCUT2D eigenvalue weighted by molar-refractivity contribution is -0.385. The maximum absolute atomic E-state index is 11.3. The van der Waals surface area contributed by atoms with E-state index in [-0.39, 0.29) is 5.75 Å². The zero-order valence-corrected chi connectivity index (χ0v) is 9.32. The molecular weight excluding hydrogens is 238 g/mol. The van der Waals surface area contributed by atoms with E-state index in [2.05, 4.69) is 4.74 Å². The number of aromatic hydroxyl groups is 1. The van der Waals surface area contributed by atoms with Gasteiger partial charge in [-0.15, -0.1) is 0 Å². The number of rotatable bonds is 3. The molecule has 0 amide bonds. The molecule has 0 saturated carbocycles. The highest BCUT2D eigenvalue weighted by atomic mass is 32.2. The quantitative estimate of drug-likeness (QED) is 0.622. The number of ether oxygens (including phenoxy) is 1. The van der Waals surface area contributed by atoms with Crippen LogP contribution >= 0.6 is 0 Å². The summed E-state index contributed by atoms with van der Waals surface area (Å²) in [5, 5.41) is 20.0. The van der Waals surface area contributed by atoms with Crippen molar-refractivity contribution >= 4 is 15.5 Å². The molecule has 0 saturated heterocycles. The number of benzene rings is 1. The Kier molecular flexibility index (Phi) is 3.04. The molecule has 0 bridgehead atoms. The summed E-state index contributed by atoms with van der Waals surface area (Å²) in [4.78, 5) is 9.24. The molecule has 0 aliphatic rings. The lowest BCUT2D eigenvalue weighted by atomic mass is 10.3. The minimum Gasteiger partial charge on any atom is -0.503 e. The molecule has 1 rings (SSSR count). The molecule has 0 aromatic heterocycles. The molecule has 1 aromatic carbocycles. The van der Waals surface area contributed by atoms with Gasteiger partial charge in [0.25, 0.3) is 5.69 Å². The van der Waals surface area contributed by atoms with Crippen LogP contribution in [0, 0.1) is 10.1 Å². The SMILES string of the molecule is COc1cc([N+](=O)[O-])cc(S(C)(=O)=O)c1O. The zero-order chi connectivity index (χ0) is 12.5. The van der Waals surface area contributed by atoms with Crippen molar-refractivity contribution in [2.24, 2.45) is 0 Å². The van der Waals surface area contributed by atoms with E-state index in [1.54, 1.807) is 0 Å². The molecule has 0 radical (unpaired) electrons. The van der Waals surface area contributed by atoms with Crippen molar-refractivity contribution in [3.63, 3.8) is 0 Å². The number of hydrogen-bond donors (Lipinski definition) is 1. The largest absolute Gasteiger partial charge is 0.503 e. The number of nitro benzene ring substituents is 1. The molecule has 0 unspecified atom stereocenters. The van der Waals surface area contributed by atoms with Crippen LogP contribution in [0.3, 0.4) is 0 Å². The van der Waals surface area contributed by atoms with Crippen LogP contribution in [-0.2, 0) is 9.84 Å². The Morgan fingerprint density at radius 2 is 2.00 bits per heavy atom. The number of hydrogen-bond acceptors (Lipinski definition) is 6. The van der Waals surface area contributed by atoms with Crippen LogP contribution in [0.25, 0.3) is 0 Å². The van der Waals surface area contributed by atoms with Gasteiger partial charge in [0.05, 0.1) is 18.1 Å². The van der Waals surface area contributed by atoms with Crippen LogP contribution in [0.5, 0.6) is 11.5 Å². The molecule has 8 heteroatoms. The van der Waals surface area contributed by atoms with E-state index in [0.29, 0.717) is 0 Å². The molecule has 1 aromatic rings. The van der Waals surface area contributed by atoms with E-state index in [0.717, 1.165) is 18.4 Å². The van der Waals surface area contributed by atoms with Gasteiger partial charge in [0.2, 0.25) is 0 Å². The van der Waals surface area contributed by atoms with Crippen molar-refractivity contribution in [2.75, 3.05) is 13.4 Å². The van der Waals surface area contributed by atoms with E-state index < -0.39 is 31.1 Å². The van der Waals surface area contributed by atoms with Gasteiger partial charge in [0, 0.05) is 12.3 Å². The van der Waals surface area contributed by atoms with Gasteiger partial charge < -0.3 is 9.84 Å². The van der Waals surface area contributed by atoms with Gasteiger partial charge in [0.15, 0.2) is 21.3 Å². The number of phenolic OH excluding ortho intramolecular Hbond substituents is 1. The second-order valence-electron chi connectivity index (χ2n) is 3.02. The van der Waals surface area contributed by atoms with E-state index in [1.807, 2.05) is 0 Å². The molecule has 1 N–H and O–H groups in total. The summed E-state index contributed by atoms with van der Waals surface area (Å²) in [6.45, 7) is 0. The summed E-state index contributed by atoms with van der Waals surface area (Å²) in [5.74, 6) is -0.884. The summed E-state index contributed by atoms with van der Waals surface area (Å²) in [5.41, 5.74) is -0.463. The molecule has 0 aliphatic heterocycles. The molecule has 16 heavy (non-hydrogen) atoms. The maximum atomic E-state index is 11.3. The number of phenols is 1. The van der Waals surface area contributed by atoms with Gasteiger partial charge in [0.1, 0.15) is 4.90 Å². The fourth-order valence-electron chi connectivity index (χ4n) is 1.11. The molecule has 0 fully saturated rings. The van der Waals surface area contributed by atoms with Crippen molar-refractivity contribution < 1.29 is 23.2 Å². The highest BCUT2D eigenvalue weighted by Gasteiger charge is 2.22. The first kappa shape index (κ1) is 12.2. The first-order valence-electron chi connectivity index (χ1n) is 4.03. The normalized spacial score (nSPS) is 11.1. The van der Waals surface area contributed by atoms with Gasteiger partial charge in [-0.1, -0.05) is 0 Å². The summed E-state index contributed by atoms with van der Waals surface area (Å²) >= 11 is 0. The van der Waals surface area contributed by atoms with Gasteiger partial charge in [-0.2, -0.15) is 0 Å². The summed E-state index contributed by atoms with van der Waals surface area (Å²) < 4.78 is 27.2.